The largest absolute Gasteiger partial charge is 0.332 e. The van der Waals surface area contributed by atoms with Crippen molar-refractivity contribution in [2.24, 2.45) is 0 Å². The minimum Gasteiger partial charge on any atom is -0.332 e. The van der Waals surface area contributed by atoms with Crippen molar-refractivity contribution in [3.8, 4) is 11.5 Å². The third-order valence-corrected chi connectivity index (χ3v) is 5.17. The quantitative estimate of drug-likeness (QED) is 0.482. The van der Waals surface area contributed by atoms with Gasteiger partial charge in [0.05, 0.1) is 5.69 Å². The molecule has 0 radical (unpaired) electrons. The van der Waals surface area contributed by atoms with Crippen molar-refractivity contribution in [2.45, 2.75) is 13.1 Å². The molecule has 4 aromatic rings. The second-order valence-corrected chi connectivity index (χ2v) is 7.25. The van der Waals surface area contributed by atoms with Gasteiger partial charge in [-0.3, -0.25) is 4.98 Å². The maximum absolute atomic E-state index is 4.75. The van der Waals surface area contributed by atoms with Crippen LogP contribution >= 0.6 is 0 Å². The van der Waals surface area contributed by atoms with Crippen LogP contribution in [0.2, 0.25) is 0 Å². The second-order valence-electron chi connectivity index (χ2n) is 7.25. The Morgan fingerprint density at radius 1 is 0.774 bits per heavy atom. The van der Waals surface area contributed by atoms with Crippen LogP contribution in [0.5, 0.6) is 0 Å². The first kappa shape index (κ1) is 18.8. The van der Waals surface area contributed by atoms with Crippen molar-refractivity contribution in [1.29, 1.82) is 0 Å². The first-order valence-electron chi connectivity index (χ1n) is 10.0. The fourth-order valence-electron chi connectivity index (χ4n) is 3.55. The molecule has 1 aromatic carbocycles. The molecule has 0 bridgehead atoms. The fourth-order valence-corrected chi connectivity index (χ4v) is 3.55. The molecule has 0 fully saturated rings. The van der Waals surface area contributed by atoms with Gasteiger partial charge in [0.2, 0.25) is 5.95 Å². The maximum atomic E-state index is 4.75. The third kappa shape index (κ3) is 4.09. The van der Waals surface area contributed by atoms with E-state index < -0.39 is 0 Å². The van der Waals surface area contributed by atoms with Crippen molar-refractivity contribution in [1.82, 2.24) is 24.9 Å². The van der Waals surface area contributed by atoms with Gasteiger partial charge in [0.25, 0.3) is 0 Å². The van der Waals surface area contributed by atoms with Gasteiger partial charge in [0.15, 0.2) is 5.82 Å². The van der Waals surface area contributed by atoms with Gasteiger partial charge in [0.1, 0.15) is 5.69 Å². The predicted molar refractivity (Wildman–Crippen MR) is 123 cm³/mol. The second kappa shape index (κ2) is 8.28. The van der Waals surface area contributed by atoms with E-state index in [9.17, 15) is 0 Å². The van der Waals surface area contributed by atoms with E-state index in [4.69, 9.17) is 4.98 Å². The van der Waals surface area contributed by atoms with Gasteiger partial charge >= 0.3 is 0 Å². The number of hydrogen-bond acceptors (Lipinski definition) is 6. The van der Waals surface area contributed by atoms with E-state index in [2.05, 4.69) is 49.6 Å². The van der Waals surface area contributed by atoms with Gasteiger partial charge in [-0.2, -0.15) is 0 Å². The van der Waals surface area contributed by atoms with E-state index >= 15 is 0 Å². The summed E-state index contributed by atoms with van der Waals surface area (Å²) >= 11 is 0. The van der Waals surface area contributed by atoms with Gasteiger partial charge in [-0.15, -0.1) is 0 Å². The Kier molecular flexibility index (Phi) is 5.02. The van der Waals surface area contributed by atoms with E-state index in [1.165, 1.54) is 11.1 Å². The van der Waals surface area contributed by atoms with Gasteiger partial charge in [-0.05, 0) is 58.7 Å². The molecule has 0 amide bonds. The number of anilines is 1. The summed E-state index contributed by atoms with van der Waals surface area (Å²) in [6, 6.07) is 14.0. The molecule has 4 heterocycles. The Morgan fingerprint density at radius 2 is 1.61 bits per heavy atom. The molecule has 0 saturated carbocycles. The zero-order valence-corrected chi connectivity index (χ0v) is 16.9. The standard InChI is InChI=1S/C25H20N6/c1-2-18-3-5-20-16-31(17-21(20)15-18)25-28-14-10-23(30-25)24-27-13-9-22(29-24)6-4-19-7-11-26-12-8-19/h2-15H,1,16-17H2/b6-4+. The van der Waals surface area contributed by atoms with Crippen LogP contribution in [0, 0.1) is 0 Å². The van der Waals surface area contributed by atoms with E-state index in [0.29, 0.717) is 17.5 Å². The highest BCUT2D eigenvalue weighted by Crippen LogP contribution is 2.28. The lowest BCUT2D eigenvalue weighted by atomic mass is 10.1. The lowest BCUT2D eigenvalue weighted by Gasteiger charge is -2.15. The summed E-state index contributed by atoms with van der Waals surface area (Å²) in [4.78, 5) is 24.5. The molecule has 6 heteroatoms. The van der Waals surface area contributed by atoms with E-state index in [1.807, 2.05) is 42.5 Å². The number of aromatic nitrogens is 5. The lowest BCUT2D eigenvalue weighted by molar-refractivity contribution is 0.828. The van der Waals surface area contributed by atoms with E-state index in [-0.39, 0.29) is 0 Å². The minimum absolute atomic E-state index is 0.575. The molecule has 0 atom stereocenters. The van der Waals surface area contributed by atoms with E-state index in [1.54, 1.807) is 24.8 Å². The van der Waals surface area contributed by atoms with Crippen LogP contribution in [-0.2, 0) is 13.1 Å². The number of pyridine rings is 1. The SMILES string of the molecule is C=Cc1ccc2c(c1)CN(c1nccc(-c3nccc(/C=C/c4ccncc4)n3)n1)C2. The Labute approximate surface area is 180 Å². The molecule has 150 valence electrons. The zero-order chi connectivity index (χ0) is 21.0. The highest BCUT2D eigenvalue weighted by atomic mass is 15.3. The number of hydrogen-bond donors (Lipinski definition) is 0. The number of benzene rings is 1. The van der Waals surface area contributed by atoms with Crippen LogP contribution in [0.3, 0.4) is 0 Å². The Morgan fingerprint density at radius 3 is 2.48 bits per heavy atom. The summed E-state index contributed by atoms with van der Waals surface area (Å²) in [5.74, 6) is 1.25. The van der Waals surface area contributed by atoms with Crippen LogP contribution in [-0.4, -0.2) is 24.9 Å². The third-order valence-electron chi connectivity index (χ3n) is 5.17. The average Bonchev–Trinajstić information content (AvgIpc) is 3.27. The number of fused-ring (bicyclic) bond motifs is 1. The average molecular weight is 404 g/mol. The molecule has 31 heavy (non-hydrogen) atoms. The summed E-state index contributed by atoms with van der Waals surface area (Å²) in [5.41, 5.74) is 6.28. The van der Waals surface area contributed by atoms with Gasteiger partial charge in [-0.1, -0.05) is 30.9 Å². The Hall–Kier alpha value is -4.19. The topological polar surface area (TPSA) is 67.7 Å². The molecule has 0 unspecified atom stereocenters. The van der Waals surface area contributed by atoms with Crippen LogP contribution in [0.15, 0.2) is 73.8 Å². The van der Waals surface area contributed by atoms with Crippen molar-refractivity contribution < 1.29 is 0 Å². The Bertz CT molecular complexity index is 1270. The van der Waals surface area contributed by atoms with Crippen LogP contribution < -0.4 is 4.90 Å². The normalized spacial score (nSPS) is 12.8. The molecule has 0 aliphatic carbocycles. The summed E-state index contributed by atoms with van der Waals surface area (Å²) in [5, 5.41) is 0. The van der Waals surface area contributed by atoms with Gasteiger partial charge in [0, 0.05) is 37.9 Å². The predicted octanol–water partition coefficient (Wildman–Crippen LogP) is 4.66. The molecule has 1 aliphatic rings. The summed E-state index contributed by atoms with van der Waals surface area (Å²) < 4.78 is 0. The molecular formula is C25H20N6. The molecule has 1 aliphatic heterocycles. The number of nitrogens with zero attached hydrogens (tertiary/aromatic N) is 6. The maximum Gasteiger partial charge on any atom is 0.226 e. The highest BCUT2D eigenvalue weighted by molar-refractivity contribution is 5.68. The molecule has 0 spiro atoms. The smallest absolute Gasteiger partial charge is 0.226 e. The fraction of sp³-hybridized carbons (Fsp3) is 0.0800. The van der Waals surface area contributed by atoms with Crippen LogP contribution in [0.25, 0.3) is 29.7 Å². The minimum atomic E-state index is 0.575. The van der Waals surface area contributed by atoms with Crippen molar-refractivity contribution in [2.75, 3.05) is 4.90 Å². The molecular weight excluding hydrogens is 384 g/mol. The van der Waals surface area contributed by atoms with Crippen molar-refractivity contribution in [3.63, 3.8) is 0 Å². The lowest BCUT2D eigenvalue weighted by Crippen LogP contribution is -2.17. The summed E-state index contributed by atoms with van der Waals surface area (Å²) in [6.45, 7) is 5.41. The van der Waals surface area contributed by atoms with Crippen molar-refractivity contribution >= 4 is 24.2 Å². The zero-order valence-electron chi connectivity index (χ0n) is 16.9. The molecule has 0 N–H and O–H groups in total. The number of rotatable bonds is 5. The van der Waals surface area contributed by atoms with Gasteiger partial charge in [-0.25, -0.2) is 19.9 Å². The molecule has 6 nitrogen and oxygen atoms in total. The molecule has 5 rings (SSSR count). The van der Waals surface area contributed by atoms with E-state index in [0.717, 1.165) is 29.9 Å². The van der Waals surface area contributed by atoms with Gasteiger partial charge < -0.3 is 4.90 Å². The first-order chi connectivity index (χ1) is 15.3. The molecule has 0 saturated heterocycles. The first-order valence-corrected chi connectivity index (χ1v) is 10.0. The summed E-state index contributed by atoms with van der Waals surface area (Å²) in [7, 11) is 0. The summed E-state index contributed by atoms with van der Waals surface area (Å²) in [6.07, 6.45) is 12.9. The monoisotopic (exact) mass is 404 g/mol. The Balaban J connectivity index is 1.38. The molecule has 3 aromatic heterocycles. The highest BCUT2D eigenvalue weighted by Gasteiger charge is 2.21. The van der Waals surface area contributed by atoms with Crippen LogP contribution in [0.1, 0.15) is 27.9 Å². The van der Waals surface area contributed by atoms with Crippen LogP contribution in [0.4, 0.5) is 5.95 Å². The van der Waals surface area contributed by atoms with Crippen molar-refractivity contribution in [3.05, 3.63) is 102 Å².